The Labute approximate surface area is 334 Å². The van der Waals surface area contributed by atoms with Crippen molar-refractivity contribution >= 4 is 83.4 Å². The molecule has 2 aliphatic rings. The van der Waals surface area contributed by atoms with E-state index in [1.165, 1.54) is 99.4 Å². The topological polar surface area (TPSA) is 10.9 Å². The molecule has 1 unspecified atom stereocenters. The second-order valence-electron chi connectivity index (χ2n) is 16.4. The molecule has 3 nitrogen and oxygen atoms in total. The van der Waals surface area contributed by atoms with Crippen LogP contribution >= 0.6 is 0 Å². The Kier molecular flexibility index (Phi) is 7.69. The molecule has 3 heteroatoms. The summed E-state index contributed by atoms with van der Waals surface area (Å²) in [5, 5.41) is 7.63. The van der Waals surface area contributed by atoms with Gasteiger partial charge in [-0.1, -0.05) is 127 Å². The zero-order valence-corrected chi connectivity index (χ0v) is 33.1. The van der Waals surface area contributed by atoms with Crippen LogP contribution in [0, 0.1) is 26.7 Å². The van der Waals surface area contributed by atoms with Crippen molar-refractivity contribution in [2.75, 3.05) is 9.80 Å². The number of hydrogen-bond donors (Lipinski definition) is 0. The predicted octanol–water partition coefficient (Wildman–Crippen LogP) is 15.0. The maximum Gasteiger partial charge on any atom is 0.0640 e. The third kappa shape index (κ3) is 5.26. The van der Waals surface area contributed by atoms with Gasteiger partial charge in [0.05, 0.1) is 27.9 Å². The number of benzene rings is 7. The first-order valence-electron chi connectivity index (χ1n) is 20.5. The van der Waals surface area contributed by atoms with Gasteiger partial charge in [-0.2, -0.15) is 0 Å². The van der Waals surface area contributed by atoms with Gasteiger partial charge in [0.1, 0.15) is 0 Å². The quantitative estimate of drug-likeness (QED) is 0.168. The van der Waals surface area contributed by atoms with Gasteiger partial charge in [-0.3, -0.25) is 0 Å². The molecule has 9 aromatic rings. The molecule has 1 atom stereocenters. The molecule has 2 aliphatic carbocycles. The van der Waals surface area contributed by atoms with Crippen LogP contribution in [0.2, 0.25) is 0 Å². The lowest BCUT2D eigenvalue weighted by molar-refractivity contribution is 0.728. The molecule has 276 valence electrons. The Hall–Kier alpha value is -6.58. The van der Waals surface area contributed by atoms with E-state index in [1.54, 1.807) is 0 Å². The van der Waals surface area contributed by atoms with Gasteiger partial charge in [0.25, 0.3) is 0 Å². The average molecular weight is 736 g/mol. The highest BCUT2D eigenvalue weighted by Gasteiger charge is 2.30. The van der Waals surface area contributed by atoms with Crippen molar-refractivity contribution in [3.8, 4) is 0 Å². The first-order valence-corrected chi connectivity index (χ1v) is 20.5. The van der Waals surface area contributed by atoms with Crippen LogP contribution in [0.15, 0.2) is 157 Å². The first-order chi connectivity index (χ1) is 27.9. The number of anilines is 5. The molecule has 0 saturated heterocycles. The highest BCUT2D eigenvalue weighted by molar-refractivity contribution is 6.31. The normalized spacial score (nSPS) is 15.3. The number of allylic oxidation sites excluding steroid dienone is 4. The summed E-state index contributed by atoms with van der Waals surface area (Å²) in [7, 11) is 0. The van der Waals surface area contributed by atoms with Crippen molar-refractivity contribution in [1.82, 2.24) is 4.40 Å². The SMILES string of the molecule is Cc1ccc(N(C2=CCC(C)C=C2)c2c3c(cc4c2c2cccc5c6c(N(c7ccc(C)cc7)c7ccc(C)cc7)c7ccccc7cc6n4c25)C=CCC3)cc1. The maximum atomic E-state index is 2.60. The third-order valence-corrected chi connectivity index (χ3v) is 12.4. The van der Waals surface area contributed by atoms with Crippen molar-refractivity contribution in [3.63, 3.8) is 0 Å². The Morgan fingerprint density at radius 3 is 1.79 bits per heavy atom. The van der Waals surface area contributed by atoms with Gasteiger partial charge in [-0.05, 0) is 117 Å². The van der Waals surface area contributed by atoms with E-state index < -0.39 is 0 Å². The Balaban J connectivity index is 1.30. The van der Waals surface area contributed by atoms with Gasteiger partial charge in [-0.15, -0.1) is 0 Å². The molecule has 57 heavy (non-hydrogen) atoms. The zero-order valence-electron chi connectivity index (χ0n) is 33.1. The molecule has 0 fully saturated rings. The van der Waals surface area contributed by atoms with Crippen molar-refractivity contribution < 1.29 is 0 Å². The number of aromatic nitrogens is 1. The van der Waals surface area contributed by atoms with Crippen molar-refractivity contribution in [3.05, 3.63) is 185 Å². The Morgan fingerprint density at radius 2 is 1.16 bits per heavy atom. The summed E-state index contributed by atoms with van der Waals surface area (Å²) in [6.07, 6.45) is 15.0. The lowest BCUT2D eigenvalue weighted by Gasteiger charge is -2.32. The molecule has 0 bridgehead atoms. The monoisotopic (exact) mass is 735 g/mol. The molecule has 0 amide bonds. The lowest BCUT2D eigenvalue weighted by Crippen LogP contribution is -2.20. The highest BCUT2D eigenvalue weighted by Crippen LogP contribution is 2.52. The van der Waals surface area contributed by atoms with Gasteiger partial charge >= 0.3 is 0 Å². The van der Waals surface area contributed by atoms with Crippen LogP contribution in [0.4, 0.5) is 28.4 Å². The number of para-hydroxylation sites is 1. The van der Waals surface area contributed by atoms with Crippen LogP contribution in [0.1, 0.15) is 47.6 Å². The Bertz CT molecular complexity index is 3070. The molecule has 2 heterocycles. The third-order valence-electron chi connectivity index (χ3n) is 12.4. The van der Waals surface area contributed by atoms with E-state index in [4.69, 9.17) is 0 Å². The number of fused-ring (bicyclic) bond motifs is 8. The van der Waals surface area contributed by atoms with Crippen molar-refractivity contribution in [1.29, 1.82) is 0 Å². The van der Waals surface area contributed by atoms with Crippen LogP contribution in [0.5, 0.6) is 0 Å². The zero-order chi connectivity index (χ0) is 38.4. The summed E-state index contributed by atoms with van der Waals surface area (Å²) < 4.78 is 2.60. The van der Waals surface area contributed by atoms with Crippen molar-refractivity contribution in [2.24, 2.45) is 5.92 Å². The highest BCUT2D eigenvalue weighted by atomic mass is 15.2. The van der Waals surface area contributed by atoms with E-state index in [-0.39, 0.29) is 0 Å². The Morgan fingerprint density at radius 1 is 0.579 bits per heavy atom. The number of nitrogens with zero attached hydrogens (tertiary/aromatic N) is 3. The molecule has 2 aromatic heterocycles. The summed E-state index contributed by atoms with van der Waals surface area (Å²) >= 11 is 0. The van der Waals surface area contributed by atoms with Gasteiger partial charge in [0.2, 0.25) is 0 Å². The van der Waals surface area contributed by atoms with Crippen LogP contribution in [-0.4, -0.2) is 4.40 Å². The molecule has 0 aliphatic heterocycles. The van der Waals surface area contributed by atoms with Crippen molar-refractivity contribution in [2.45, 2.75) is 47.0 Å². The molecular formula is C54H45N3. The van der Waals surface area contributed by atoms with E-state index in [0.717, 1.165) is 30.6 Å². The summed E-state index contributed by atoms with van der Waals surface area (Å²) in [6, 6.07) is 48.0. The van der Waals surface area contributed by atoms with Gasteiger partial charge < -0.3 is 14.2 Å². The summed E-state index contributed by atoms with van der Waals surface area (Å²) in [5.41, 5.74) is 17.5. The minimum Gasteiger partial charge on any atom is -0.310 e. The second kappa shape index (κ2) is 13.0. The minimum atomic E-state index is 0.524. The van der Waals surface area contributed by atoms with Gasteiger partial charge in [0.15, 0.2) is 0 Å². The average Bonchev–Trinajstić information content (AvgIpc) is 3.75. The molecule has 0 radical (unpaired) electrons. The van der Waals surface area contributed by atoms with Gasteiger partial charge in [0, 0.05) is 49.7 Å². The number of aryl methyl sites for hydroxylation is 3. The number of hydrogen-bond acceptors (Lipinski definition) is 2. The maximum absolute atomic E-state index is 2.60. The predicted molar refractivity (Wildman–Crippen MR) is 244 cm³/mol. The molecule has 7 aromatic carbocycles. The molecule has 0 N–H and O–H groups in total. The molecule has 0 saturated carbocycles. The molecule has 11 rings (SSSR count). The minimum absolute atomic E-state index is 0.524. The fourth-order valence-corrected chi connectivity index (χ4v) is 9.58. The smallest absolute Gasteiger partial charge is 0.0640 e. The molecular weight excluding hydrogens is 691 g/mol. The second-order valence-corrected chi connectivity index (χ2v) is 16.4. The summed E-state index contributed by atoms with van der Waals surface area (Å²) in [6.45, 7) is 8.82. The van der Waals surface area contributed by atoms with E-state index in [2.05, 4.69) is 200 Å². The van der Waals surface area contributed by atoms with E-state index in [9.17, 15) is 0 Å². The van der Waals surface area contributed by atoms with Crippen LogP contribution < -0.4 is 9.80 Å². The fourth-order valence-electron chi connectivity index (χ4n) is 9.58. The largest absolute Gasteiger partial charge is 0.310 e. The van der Waals surface area contributed by atoms with E-state index in [1.807, 2.05) is 0 Å². The summed E-state index contributed by atoms with van der Waals surface area (Å²) in [5.74, 6) is 0.524. The first kappa shape index (κ1) is 33.7. The summed E-state index contributed by atoms with van der Waals surface area (Å²) in [4.78, 5) is 5.06. The van der Waals surface area contributed by atoms with Gasteiger partial charge in [-0.25, -0.2) is 0 Å². The van der Waals surface area contributed by atoms with E-state index >= 15 is 0 Å². The van der Waals surface area contributed by atoms with Crippen LogP contribution in [-0.2, 0) is 6.42 Å². The van der Waals surface area contributed by atoms with Crippen LogP contribution in [0.25, 0.3) is 54.9 Å². The van der Waals surface area contributed by atoms with E-state index in [0.29, 0.717) is 5.92 Å². The lowest BCUT2D eigenvalue weighted by atomic mass is 9.90. The standard InChI is InChI=1S/C54H45N3/c1-34-16-24-40(25-17-34)55(41-26-18-35(2)19-27-41)53-44-12-7-5-10-38(44)32-48-50(53)46-14-9-15-47-51-49(57(48)52(46)47)33-39-11-6-8-13-45(39)54(51)56(42-28-20-36(3)21-29-42)43-30-22-37(4)23-31-43/h5-7,9-12,14-22,24-33,37H,8,13,23H2,1-4H3. The fraction of sp³-hybridized carbons (Fsp3) is 0.148. The number of rotatable bonds is 6. The van der Waals surface area contributed by atoms with Crippen LogP contribution in [0.3, 0.4) is 0 Å². The molecule has 0 spiro atoms.